The standard InChI is InChI=1S/C19H28N2O3S/c1-3-21(25(23,24)18-11-9-16(2)10-12-18)15-19(22)20-14-13-17-7-5-4-6-8-17/h7,9-12H,3-6,8,13-15H2,1-2H3,(H,20,22). The lowest BCUT2D eigenvalue weighted by Crippen LogP contribution is -2.40. The Morgan fingerprint density at radius 3 is 2.52 bits per heavy atom. The van der Waals surface area contributed by atoms with Gasteiger partial charge in [0, 0.05) is 13.1 Å². The van der Waals surface area contributed by atoms with Gasteiger partial charge in [0.05, 0.1) is 11.4 Å². The van der Waals surface area contributed by atoms with Gasteiger partial charge in [0.1, 0.15) is 0 Å². The minimum atomic E-state index is -3.65. The predicted molar refractivity (Wildman–Crippen MR) is 99.8 cm³/mol. The molecule has 0 atom stereocenters. The fourth-order valence-electron chi connectivity index (χ4n) is 2.94. The van der Waals surface area contributed by atoms with Crippen LogP contribution in [0.5, 0.6) is 0 Å². The van der Waals surface area contributed by atoms with Gasteiger partial charge in [0.15, 0.2) is 0 Å². The number of nitrogens with zero attached hydrogens (tertiary/aromatic N) is 1. The average Bonchev–Trinajstić information content (AvgIpc) is 2.61. The fourth-order valence-corrected chi connectivity index (χ4v) is 4.34. The van der Waals surface area contributed by atoms with Crippen molar-refractivity contribution in [2.45, 2.75) is 50.8 Å². The molecule has 0 saturated carbocycles. The molecule has 0 unspecified atom stereocenters. The minimum absolute atomic E-state index is 0.147. The summed E-state index contributed by atoms with van der Waals surface area (Å²) in [4.78, 5) is 12.4. The summed E-state index contributed by atoms with van der Waals surface area (Å²) in [6.07, 6.45) is 7.81. The largest absolute Gasteiger partial charge is 0.355 e. The number of allylic oxidation sites excluding steroid dienone is 1. The monoisotopic (exact) mass is 364 g/mol. The molecule has 1 aliphatic rings. The number of benzene rings is 1. The lowest BCUT2D eigenvalue weighted by molar-refractivity contribution is -0.121. The van der Waals surface area contributed by atoms with Gasteiger partial charge in [-0.15, -0.1) is 0 Å². The lowest BCUT2D eigenvalue weighted by Gasteiger charge is -2.20. The molecule has 0 aliphatic heterocycles. The van der Waals surface area contributed by atoms with Gasteiger partial charge in [-0.1, -0.05) is 36.3 Å². The van der Waals surface area contributed by atoms with E-state index in [0.717, 1.165) is 24.8 Å². The van der Waals surface area contributed by atoms with Crippen LogP contribution >= 0.6 is 0 Å². The molecule has 0 bridgehead atoms. The molecule has 1 aliphatic carbocycles. The van der Waals surface area contributed by atoms with E-state index in [9.17, 15) is 13.2 Å². The predicted octanol–water partition coefficient (Wildman–Crippen LogP) is 3.01. The summed E-state index contributed by atoms with van der Waals surface area (Å²) < 4.78 is 26.6. The van der Waals surface area contributed by atoms with Gasteiger partial charge < -0.3 is 5.32 Å². The Morgan fingerprint density at radius 1 is 1.20 bits per heavy atom. The quantitative estimate of drug-likeness (QED) is 0.721. The average molecular weight is 365 g/mol. The molecule has 2 rings (SSSR count). The topological polar surface area (TPSA) is 66.5 Å². The molecule has 138 valence electrons. The van der Waals surface area contributed by atoms with Crippen molar-refractivity contribution in [1.29, 1.82) is 0 Å². The maximum absolute atomic E-state index is 12.7. The molecule has 0 aromatic heterocycles. The van der Waals surface area contributed by atoms with Crippen LogP contribution in [0, 0.1) is 6.92 Å². The van der Waals surface area contributed by atoms with Gasteiger partial charge in [0.2, 0.25) is 15.9 Å². The summed E-state index contributed by atoms with van der Waals surface area (Å²) in [7, 11) is -3.65. The van der Waals surface area contributed by atoms with Crippen LogP contribution in [0.3, 0.4) is 0 Å². The van der Waals surface area contributed by atoms with Crippen LogP contribution in [0.4, 0.5) is 0 Å². The molecule has 1 aromatic carbocycles. The van der Waals surface area contributed by atoms with Crippen molar-refractivity contribution >= 4 is 15.9 Å². The molecular formula is C19H28N2O3S. The summed E-state index contributed by atoms with van der Waals surface area (Å²) in [5.74, 6) is -0.256. The van der Waals surface area contributed by atoms with Crippen LogP contribution in [-0.4, -0.2) is 38.3 Å². The van der Waals surface area contributed by atoms with Crippen molar-refractivity contribution in [1.82, 2.24) is 9.62 Å². The second-order valence-electron chi connectivity index (χ2n) is 6.45. The highest BCUT2D eigenvalue weighted by Gasteiger charge is 2.25. The number of hydrogen-bond acceptors (Lipinski definition) is 3. The third kappa shape index (κ3) is 5.68. The number of sulfonamides is 1. The van der Waals surface area contributed by atoms with E-state index in [0.29, 0.717) is 6.54 Å². The Morgan fingerprint density at radius 2 is 1.92 bits per heavy atom. The number of carbonyl (C=O) groups is 1. The van der Waals surface area contributed by atoms with Crippen molar-refractivity contribution < 1.29 is 13.2 Å². The van der Waals surface area contributed by atoms with E-state index in [2.05, 4.69) is 11.4 Å². The second kappa shape index (κ2) is 9.15. The third-order valence-electron chi connectivity index (χ3n) is 4.48. The van der Waals surface area contributed by atoms with Crippen molar-refractivity contribution in [2.24, 2.45) is 0 Å². The molecule has 1 N–H and O–H groups in total. The normalized spacial score (nSPS) is 15.1. The van der Waals surface area contributed by atoms with Crippen molar-refractivity contribution in [3.8, 4) is 0 Å². The van der Waals surface area contributed by atoms with Gasteiger partial charge in [-0.05, 0) is 51.2 Å². The van der Waals surface area contributed by atoms with Crippen LogP contribution < -0.4 is 5.32 Å². The Bertz CT molecular complexity index is 709. The highest BCUT2D eigenvalue weighted by Crippen LogP contribution is 2.19. The van der Waals surface area contributed by atoms with Crippen LogP contribution in [0.25, 0.3) is 0 Å². The van der Waals surface area contributed by atoms with Gasteiger partial charge in [-0.2, -0.15) is 4.31 Å². The maximum atomic E-state index is 12.7. The molecule has 6 heteroatoms. The van der Waals surface area contributed by atoms with E-state index in [1.807, 2.05) is 6.92 Å². The Kier molecular flexibility index (Phi) is 7.20. The first-order valence-corrected chi connectivity index (χ1v) is 10.4. The summed E-state index contributed by atoms with van der Waals surface area (Å²) in [6, 6.07) is 6.69. The highest BCUT2D eigenvalue weighted by atomic mass is 32.2. The SMILES string of the molecule is CCN(CC(=O)NCCC1=CCCCC1)S(=O)(=O)c1ccc(C)cc1. The van der Waals surface area contributed by atoms with Crippen LogP contribution in [0.1, 0.15) is 44.6 Å². The Labute approximate surface area is 151 Å². The van der Waals surface area contributed by atoms with E-state index in [-0.39, 0.29) is 23.9 Å². The highest BCUT2D eigenvalue weighted by molar-refractivity contribution is 7.89. The zero-order valence-corrected chi connectivity index (χ0v) is 15.9. The molecule has 5 nitrogen and oxygen atoms in total. The maximum Gasteiger partial charge on any atom is 0.243 e. The number of carbonyl (C=O) groups excluding carboxylic acids is 1. The van der Waals surface area contributed by atoms with Gasteiger partial charge in [0.25, 0.3) is 0 Å². The smallest absolute Gasteiger partial charge is 0.243 e. The zero-order valence-electron chi connectivity index (χ0n) is 15.1. The molecule has 0 fully saturated rings. The Balaban J connectivity index is 1.90. The molecule has 25 heavy (non-hydrogen) atoms. The van der Waals surface area contributed by atoms with E-state index < -0.39 is 10.0 Å². The third-order valence-corrected chi connectivity index (χ3v) is 6.42. The van der Waals surface area contributed by atoms with E-state index in [1.165, 1.54) is 22.7 Å². The van der Waals surface area contributed by atoms with Gasteiger partial charge in [-0.25, -0.2) is 8.42 Å². The summed E-state index contributed by atoms with van der Waals surface area (Å²) >= 11 is 0. The first-order chi connectivity index (χ1) is 11.9. The van der Waals surface area contributed by atoms with Crippen LogP contribution in [-0.2, 0) is 14.8 Å². The van der Waals surface area contributed by atoms with Crippen LogP contribution in [0.15, 0.2) is 40.8 Å². The second-order valence-corrected chi connectivity index (χ2v) is 8.39. The van der Waals surface area contributed by atoms with Crippen LogP contribution in [0.2, 0.25) is 0 Å². The van der Waals surface area contributed by atoms with Crippen molar-refractivity contribution in [3.05, 3.63) is 41.5 Å². The number of hydrogen-bond donors (Lipinski definition) is 1. The number of amides is 1. The molecule has 0 heterocycles. The van der Waals surface area contributed by atoms with E-state index >= 15 is 0 Å². The molecular weight excluding hydrogens is 336 g/mol. The molecule has 0 saturated heterocycles. The summed E-state index contributed by atoms with van der Waals surface area (Å²) in [5.41, 5.74) is 2.39. The zero-order chi connectivity index (χ0) is 18.3. The van der Waals surface area contributed by atoms with Gasteiger partial charge in [-0.3, -0.25) is 4.79 Å². The Hall–Kier alpha value is -1.66. The number of nitrogens with one attached hydrogen (secondary N) is 1. The van der Waals surface area contributed by atoms with E-state index in [1.54, 1.807) is 31.2 Å². The van der Waals surface area contributed by atoms with Crippen molar-refractivity contribution in [2.75, 3.05) is 19.6 Å². The minimum Gasteiger partial charge on any atom is -0.355 e. The number of aryl methyl sites for hydroxylation is 1. The molecule has 1 aromatic rings. The summed E-state index contributed by atoms with van der Waals surface area (Å²) in [5, 5.41) is 2.84. The van der Waals surface area contributed by atoms with E-state index in [4.69, 9.17) is 0 Å². The molecule has 0 radical (unpaired) electrons. The molecule has 0 spiro atoms. The lowest BCUT2D eigenvalue weighted by atomic mass is 9.97. The summed E-state index contributed by atoms with van der Waals surface area (Å²) in [6.45, 7) is 4.32. The first kappa shape index (κ1) is 19.7. The number of likely N-dealkylation sites (N-methyl/N-ethyl adjacent to an activating group) is 1. The van der Waals surface area contributed by atoms with Gasteiger partial charge >= 0.3 is 0 Å². The fraction of sp³-hybridized carbons (Fsp3) is 0.526. The molecule has 1 amide bonds. The van der Waals surface area contributed by atoms with Crippen molar-refractivity contribution in [3.63, 3.8) is 0 Å². The number of rotatable bonds is 8. The first-order valence-electron chi connectivity index (χ1n) is 8.95.